The molecular formula is C22H24N6O3. The molecule has 1 aromatic carbocycles. The number of nitrogen functional groups attached to an aromatic ring is 1. The molecule has 2 aliphatic rings. The third kappa shape index (κ3) is 3.35. The number of pyridine rings is 1. The first-order chi connectivity index (χ1) is 15.0. The summed E-state index contributed by atoms with van der Waals surface area (Å²) in [7, 11) is 0. The van der Waals surface area contributed by atoms with E-state index >= 15 is 0 Å². The molecule has 0 aliphatic carbocycles. The Hall–Kier alpha value is -3.62. The van der Waals surface area contributed by atoms with Gasteiger partial charge in [0.25, 0.3) is 0 Å². The SMILES string of the molecule is C[C@H]1CC[C@H](c2cccc3c2CCO3)N(C(=O)C(=O)Nc2cnc(N)c3cn[nH]c23)C1. The van der Waals surface area contributed by atoms with E-state index in [-0.39, 0.29) is 6.04 Å². The Balaban J connectivity index is 1.43. The van der Waals surface area contributed by atoms with Crippen molar-refractivity contribution in [2.45, 2.75) is 32.2 Å². The van der Waals surface area contributed by atoms with Gasteiger partial charge < -0.3 is 20.7 Å². The molecule has 4 N–H and O–H groups in total. The third-order valence-electron chi connectivity index (χ3n) is 6.18. The average molecular weight is 420 g/mol. The van der Waals surface area contributed by atoms with Crippen LogP contribution in [0.2, 0.25) is 0 Å². The van der Waals surface area contributed by atoms with Gasteiger partial charge >= 0.3 is 11.8 Å². The van der Waals surface area contributed by atoms with E-state index in [1.165, 1.54) is 12.4 Å². The van der Waals surface area contributed by atoms with Crippen LogP contribution in [0.15, 0.2) is 30.6 Å². The molecule has 2 amide bonds. The molecule has 0 radical (unpaired) electrons. The van der Waals surface area contributed by atoms with Gasteiger partial charge in [-0.1, -0.05) is 19.1 Å². The van der Waals surface area contributed by atoms with E-state index < -0.39 is 11.8 Å². The van der Waals surface area contributed by atoms with Crippen molar-refractivity contribution in [1.29, 1.82) is 0 Å². The number of likely N-dealkylation sites (tertiary alicyclic amines) is 1. The molecule has 2 aliphatic heterocycles. The highest BCUT2D eigenvalue weighted by atomic mass is 16.5. The number of piperidine rings is 1. The molecule has 1 saturated heterocycles. The zero-order valence-electron chi connectivity index (χ0n) is 17.2. The Kier molecular flexibility index (Phi) is 4.72. The molecule has 9 heteroatoms. The number of aromatic amines is 1. The number of carbonyl (C=O) groups excluding carboxylic acids is 2. The number of carbonyl (C=O) groups is 2. The number of anilines is 2. The van der Waals surface area contributed by atoms with Gasteiger partial charge in [-0.25, -0.2) is 4.98 Å². The van der Waals surface area contributed by atoms with Gasteiger partial charge in [-0.05, 0) is 30.4 Å². The minimum absolute atomic E-state index is 0.150. The van der Waals surface area contributed by atoms with Crippen molar-refractivity contribution in [3.63, 3.8) is 0 Å². The number of nitrogens with zero attached hydrogens (tertiary/aromatic N) is 3. The average Bonchev–Trinajstić information content (AvgIpc) is 3.45. The molecule has 1 fully saturated rings. The van der Waals surface area contributed by atoms with E-state index in [9.17, 15) is 9.59 Å². The smallest absolute Gasteiger partial charge is 0.314 e. The molecule has 31 heavy (non-hydrogen) atoms. The van der Waals surface area contributed by atoms with Crippen molar-refractivity contribution in [1.82, 2.24) is 20.1 Å². The molecular weight excluding hydrogens is 396 g/mol. The predicted molar refractivity (Wildman–Crippen MR) is 115 cm³/mol. The monoisotopic (exact) mass is 420 g/mol. The number of ether oxygens (including phenoxy) is 1. The van der Waals surface area contributed by atoms with Crippen LogP contribution >= 0.6 is 0 Å². The van der Waals surface area contributed by atoms with Crippen molar-refractivity contribution < 1.29 is 14.3 Å². The summed E-state index contributed by atoms with van der Waals surface area (Å²) in [5.41, 5.74) is 8.98. The lowest BCUT2D eigenvalue weighted by atomic mass is 9.87. The van der Waals surface area contributed by atoms with Crippen LogP contribution in [0.25, 0.3) is 10.9 Å². The van der Waals surface area contributed by atoms with Gasteiger partial charge in [0, 0.05) is 18.5 Å². The molecule has 4 heterocycles. The Morgan fingerprint density at radius 2 is 2.16 bits per heavy atom. The predicted octanol–water partition coefficient (Wildman–Crippen LogP) is 2.41. The molecule has 2 aromatic heterocycles. The quantitative estimate of drug-likeness (QED) is 0.547. The molecule has 2 atom stereocenters. The van der Waals surface area contributed by atoms with E-state index in [0.717, 1.165) is 36.1 Å². The summed E-state index contributed by atoms with van der Waals surface area (Å²) < 4.78 is 5.71. The molecule has 0 saturated carbocycles. The minimum Gasteiger partial charge on any atom is -0.493 e. The highest BCUT2D eigenvalue weighted by Gasteiger charge is 2.36. The third-order valence-corrected chi connectivity index (χ3v) is 6.18. The van der Waals surface area contributed by atoms with Crippen LogP contribution in [-0.4, -0.2) is 45.0 Å². The summed E-state index contributed by atoms with van der Waals surface area (Å²) in [5.74, 6) is 0.238. The lowest BCUT2D eigenvalue weighted by molar-refractivity contribution is -0.146. The first-order valence-corrected chi connectivity index (χ1v) is 10.5. The number of fused-ring (bicyclic) bond motifs is 2. The topological polar surface area (TPSA) is 126 Å². The molecule has 0 unspecified atom stereocenters. The Morgan fingerprint density at radius 3 is 3.03 bits per heavy atom. The van der Waals surface area contributed by atoms with E-state index in [2.05, 4.69) is 27.4 Å². The highest BCUT2D eigenvalue weighted by Crippen LogP contribution is 2.39. The maximum absolute atomic E-state index is 13.3. The van der Waals surface area contributed by atoms with Gasteiger partial charge in [0.1, 0.15) is 11.6 Å². The summed E-state index contributed by atoms with van der Waals surface area (Å²) in [6, 6.07) is 5.81. The fraction of sp³-hybridized carbons (Fsp3) is 0.364. The van der Waals surface area contributed by atoms with Gasteiger partial charge in [-0.15, -0.1) is 0 Å². The number of benzene rings is 1. The number of rotatable bonds is 2. The standard InChI is InChI=1S/C22H24N6O3/c1-12-5-6-17(13-3-2-4-18-14(13)7-8-31-18)28(11-12)22(30)21(29)26-16-10-24-20(23)15-9-25-27-19(15)16/h2-4,9-10,12,17H,5-8,11H2,1H3,(H2,23,24)(H,25,27)(H,26,29)/t12-,17+/m0/s1. The lowest BCUT2D eigenvalue weighted by Crippen LogP contribution is -2.46. The van der Waals surface area contributed by atoms with Crippen LogP contribution in [0, 0.1) is 5.92 Å². The maximum atomic E-state index is 13.3. The van der Waals surface area contributed by atoms with Crippen molar-refractivity contribution in [2.75, 3.05) is 24.2 Å². The number of nitrogens with two attached hydrogens (primary N) is 1. The van der Waals surface area contributed by atoms with E-state index in [1.54, 1.807) is 4.90 Å². The summed E-state index contributed by atoms with van der Waals surface area (Å²) in [6.07, 6.45) is 5.59. The van der Waals surface area contributed by atoms with Crippen molar-refractivity contribution in [2.24, 2.45) is 5.92 Å². The van der Waals surface area contributed by atoms with Gasteiger partial charge in [0.05, 0.1) is 41.6 Å². The molecule has 5 rings (SSSR count). The minimum atomic E-state index is -0.703. The fourth-order valence-electron chi connectivity index (χ4n) is 4.62. The number of hydrogen-bond acceptors (Lipinski definition) is 6. The molecule has 9 nitrogen and oxygen atoms in total. The lowest BCUT2D eigenvalue weighted by Gasteiger charge is -2.39. The fourth-order valence-corrected chi connectivity index (χ4v) is 4.62. The largest absolute Gasteiger partial charge is 0.493 e. The summed E-state index contributed by atoms with van der Waals surface area (Å²) >= 11 is 0. The van der Waals surface area contributed by atoms with E-state index in [0.29, 0.717) is 41.5 Å². The van der Waals surface area contributed by atoms with Crippen molar-refractivity contribution in [3.8, 4) is 5.75 Å². The normalized spacial score (nSPS) is 20.4. The second-order valence-corrected chi connectivity index (χ2v) is 8.25. The number of nitrogens with one attached hydrogen (secondary N) is 2. The summed E-state index contributed by atoms with van der Waals surface area (Å²) in [6.45, 7) is 3.28. The van der Waals surface area contributed by atoms with Crippen molar-refractivity contribution >= 4 is 34.2 Å². The van der Waals surface area contributed by atoms with Crippen LogP contribution in [0.5, 0.6) is 5.75 Å². The van der Waals surface area contributed by atoms with Crippen LogP contribution < -0.4 is 15.8 Å². The Morgan fingerprint density at radius 1 is 1.29 bits per heavy atom. The summed E-state index contributed by atoms with van der Waals surface area (Å²) in [4.78, 5) is 32.0. The number of aromatic nitrogens is 3. The summed E-state index contributed by atoms with van der Waals surface area (Å²) in [5, 5.41) is 10.0. The number of amides is 2. The van der Waals surface area contributed by atoms with Crippen LogP contribution in [0.4, 0.5) is 11.5 Å². The molecule has 0 bridgehead atoms. The molecule has 0 spiro atoms. The molecule has 3 aromatic rings. The van der Waals surface area contributed by atoms with Gasteiger partial charge in [-0.3, -0.25) is 14.7 Å². The van der Waals surface area contributed by atoms with Gasteiger partial charge in [-0.2, -0.15) is 5.10 Å². The zero-order valence-corrected chi connectivity index (χ0v) is 17.2. The zero-order chi connectivity index (χ0) is 21.5. The second kappa shape index (κ2) is 7.57. The van der Waals surface area contributed by atoms with Crippen LogP contribution in [0.1, 0.15) is 36.9 Å². The Bertz CT molecular complexity index is 1170. The first-order valence-electron chi connectivity index (χ1n) is 10.5. The van der Waals surface area contributed by atoms with Crippen LogP contribution in [0.3, 0.4) is 0 Å². The number of H-pyrrole nitrogens is 1. The van der Waals surface area contributed by atoms with E-state index in [4.69, 9.17) is 10.5 Å². The first kappa shape index (κ1) is 19.3. The van der Waals surface area contributed by atoms with Crippen molar-refractivity contribution in [3.05, 3.63) is 41.7 Å². The molecule has 160 valence electrons. The van der Waals surface area contributed by atoms with Gasteiger partial charge in [0.2, 0.25) is 0 Å². The van der Waals surface area contributed by atoms with E-state index in [1.807, 2.05) is 18.2 Å². The Labute approximate surface area is 179 Å². The van der Waals surface area contributed by atoms with Gasteiger partial charge in [0.15, 0.2) is 0 Å². The van der Waals surface area contributed by atoms with Crippen LogP contribution in [-0.2, 0) is 16.0 Å². The highest BCUT2D eigenvalue weighted by molar-refractivity contribution is 6.40. The second-order valence-electron chi connectivity index (χ2n) is 8.25. The number of hydrogen-bond donors (Lipinski definition) is 3. The maximum Gasteiger partial charge on any atom is 0.314 e.